The van der Waals surface area contributed by atoms with Gasteiger partial charge >= 0.3 is 6.03 Å². The molecule has 6 heteroatoms. The highest BCUT2D eigenvalue weighted by Crippen LogP contribution is 2.27. The molecule has 4 rings (SSSR count). The first-order valence-corrected chi connectivity index (χ1v) is 9.39. The average Bonchev–Trinajstić information content (AvgIpc) is 2.69. The second kappa shape index (κ2) is 7.02. The number of allylic oxidation sites excluding steroid dienone is 5. The topological polar surface area (TPSA) is 70.1 Å². The van der Waals surface area contributed by atoms with Gasteiger partial charge in [0, 0.05) is 25.0 Å². The Kier molecular flexibility index (Phi) is 4.57. The quantitative estimate of drug-likeness (QED) is 0.716. The number of amides is 4. The van der Waals surface area contributed by atoms with Gasteiger partial charge in [-0.3, -0.25) is 14.5 Å². The highest BCUT2D eigenvalue weighted by molar-refractivity contribution is 6.21. The fourth-order valence-corrected chi connectivity index (χ4v) is 4.21. The molecule has 1 fully saturated rings. The van der Waals surface area contributed by atoms with Crippen LogP contribution < -0.4 is 0 Å². The van der Waals surface area contributed by atoms with E-state index in [1.165, 1.54) is 4.90 Å². The second-order valence-corrected chi connectivity index (χ2v) is 7.29. The van der Waals surface area contributed by atoms with Gasteiger partial charge in [-0.05, 0) is 38.2 Å². The molecule has 4 aliphatic rings. The molecule has 2 unspecified atom stereocenters. The van der Waals surface area contributed by atoms with Gasteiger partial charge in [-0.2, -0.15) is 4.99 Å². The van der Waals surface area contributed by atoms with Gasteiger partial charge in [-0.25, -0.2) is 4.79 Å². The zero-order chi connectivity index (χ0) is 18.1. The predicted octanol–water partition coefficient (Wildman–Crippen LogP) is 2.48. The smallest absolute Gasteiger partial charge is 0.342 e. The molecule has 2 heterocycles. The van der Waals surface area contributed by atoms with Crippen molar-refractivity contribution in [2.24, 2.45) is 16.8 Å². The van der Waals surface area contributed by atoms with Crippen LogP contribution in [0.15, 0.2) is 41.4 Å². The van der Waals surface area contributed by atoms with Crippen LogP contribution in [0.4, 0.5) is 4.79 Å². The number of hydrogen-bond acceptors (Lipinski definition) is 3. The summed E-state index contributed by atoms with van der Waals surface area (Å²) in [6.45, 7) is 1.19. The number of imide groups is 1. The normalized spacial score (nSPS) is 29.0. The van der Waals surface area contributed by atoms with Gasteiger partial charge in [0.25, 0.3) is 0 Å². The van der Waals surface area contributed by atoms with Crippen LogP contribution in [-0.4, -0.2) is 52.5 Å². The van der Waals surface area contributed by atoms with E-state index in [-0.39, 0.29) is 23.8 Å². The van der Waals surface area contributed by atoms with Crippen molar-refractivity contribution < 1.29 is 14.4 Å². The Labute approximate surface area is 152 Å². The van der Waals surface area contributed by atoms with Crippen molar-refractivity contribution in [3.05, 3.63) is 36.5 Å². The molecule has 26 heavy (non-hydrogen) atoms. The molecule has 0 N–H and O–H groups in total. The van der Waals surface area contributed by atoms with E-state index in [1.54, 1.807) is 18.2 Å². The van der Waals surface area contributed by atoms with E-state index >= 15 is 0 Å². The van der Waals surface area contributed by atoms with Crippen LogP contribution in [0.25, 0.3) is 0 Å². The number of fused-ring (bicyclic) bond motifs is 1. The minimum atomic E-state index is -0.469. The average molecular weight is 353 g/mol. The van der Waals surface area contributed by atoms with Crippen LogP contribution in [0, 0.1) is 11.8 Å². The summed E-state index contributed by atoms with van der Waals surface area (Å²) in [6, 6.07) is -0.640. The van der Waals surface area contributed by atoms with E-state index in [0.29, 0.717) is 31.6 Å². The first kappa shape index (κ1) is 16.9. The van der Waals surface area contributed by atoms with E-state index < -0.39 is 11.9 Å². The Balaban J connectivity index is 1.41. The molecule has 1 saturated heterocycles. The number of nitrogens with zero attached hydrogens (tertiary/aromatic N) is 3. The molecule has 0 spiro atoms. The van der Waals surface area contributed by atoms with Crippen molar-refractivity contribution in [2.75, 3.05) is 13.1 Å². The molecule has 4 amide bonds. The molecule has 0 radical (unpaired) electrons. The highest BCUT2D eigenvalue weighted by atomic mass is 16.2. The van der Waals surface area contributed by atoms with Gasteiger partial charge in [-0.1, -0.05) is 30.4 Å². The number of urea groups is 1. The highest BCUT2D eigenvalue weighted by Gasteiger charge is 2.41. The number of piperidine rings is 1. The summed E-state index contributed by atoms with van der Waals surface area (Å²) in [7, 11) is 0. The summed E-state index contributed by atoms with van der Waals surface area (Å²) in [6.07, 6.45) is 15.3. The van der Waals surface area contributed by atoms with Crippen LogP contribution in [0.1, 0.15) is 32.1 Å². The molecule has 0 saturated carbocycles. The molecule has 6 nitrogen and oxygen atoms in total. The summed E-state index contributed by atoms with van der Waals surface area (Å²) in [5.74, 6) is -0.347. The number of likely N-dealkylation sites (tertiary alicyclic amines) is 1. The molecule has 0 bridgehead atoms. The lowest BCUT2D eigenvalue weighted by molar-refractivity contribution is -0.138. The first-order valence-electron chi connectivity index (χ1n) is 9.39. The molecule has 0 aromatic carbocycles. The number of hydrogen-bond donors (Lipinski definition) is 0. The molecule has 0 aromatic rings. The van der Waals surface area contributed by atoms with Gasteiger partial charge in [-0.15, -0.1) is 0 Å². The number of carbonyl (C=O) groups excluding carboxylic acids is 3. The van der Waals surface area contributed by atoms with Crippen LogP contribution in [-0.2, 0) is 9.59 Å². The number of rotatable bonds is 2. The third kappa shape index (κ3) is 3.04. The van der Waals surface area contributed by atoms with Crippen molar-refractivity contribution in [1.82, 2.24) is 9.80 Å². The van der Waals surface area contributed by atoms with E-state index in [1.807, 2.05) is 11.0 Å². The molecule has 0 aromatic heterocycles. The van der Waals surface area contributed by atoms with Crippen molar-refractivity contribution in [2.45, 2.75) is 38.1 Å². The molecular formula is C20H23N3O3. The first-order chi connectivity index (χ1) is 12.6. The largest absolute Gasteiger partial charge is 0.350 e. The predicted molar refractivity (Wildman–Crippen MR) is 97.5 cm³/mol. The zero-order valence-electron chi connectivity index (χ0n) is 14.7. The minimum Gasteiger partial charge on any atom is -0.342 e. The van der Waals surface area contributed by atoms with E-state index in [9.17, 15) is 14.4 Å². The lowest BCUT2D eigenvalue weighted by Crippen LogP contribution is -2.55. The SMILES string of the molecule is O=C(C1CC=CCC1)N1CCC(N2C(=O)N=C3C=CC=CC3C2=O)CC1. The Bertz CT molecular complexity index is 741. The Morgan fingerprint density at radius 3 is 2.62 bits per heavy atom. The lowest BCUT2D eigenvalue weighted by Gasteiger charge is -2.40. The van der Waals surface area contributed by atoms with Crippen LogP contribution in [0.2, 0.25) is 0 Å². The minimum absolute atomic E-state index is 0.0844. The second-order valence-electron chi connectivity index (χ2n) is 7.29. The number of aliphatic imine (C=N–C) groups is 1. The summed E-state index contributed by atoms with van der Waals surface area (Å²) >= 11 is 0. The van der Waals surface area contributed by atoms with Crippen molar-refractivity contribution >= 4 is 23.6 Å². The van der Waals surface area contributed by atoms with Gasteiger partial charge in [0.1, 0.15) is 0 Å². The van der Waals surface area contributed by atoms with E-state index in [4.69, 9.17) is 0 Å². The maximum atomic E-state index is 12.8. The molecule has 136 valence electrons. The fourth-order valence-electron chi connectivity index (χ4n) is 4.21. The molecule has 2 aliphatic heterocycles. The fraction of sp³-hybridized carbons (Fsp3) is 0.500. The summed E-state index contributed by atoms with van der Waals surface area (Å²) in [5, 5.41) is 0. The maximum Gasteiger partial charge on any atom is 0.350 e. The van der Waals surface area contributed by atoms with E-state index in [2.05, 4.69) is 17.1 Å². The van der Waals surface area contributed by atoms with Gasteiger partial charge < -0.3 is 4.90 Å². The monoisotopic (exact) mass is 353 g/mol. The van der Waals surface area contributed by atoms with Crippen LogP contribution in [0.5, 0.6) is 0 Å². The standard InChI is InChI=1S/C20H23N3O3/c24-18(14-6-2-1-3-7-14)22-12-10-15(11-13-22)23-19(25)16-8-4-5-9-17(16)21-20(23)26/h1-2,4-5,8-9,14-16H,3,6-7,10-13H2. The van der Waals surface area contributed by atoms with E-state index in [0.717, 1.165) is 19.3 Å². The zero-order valence-corrected chi connectivity index (χ0v) is 14.7. The van der Waals surface area contributed by atoms with Crippen LogP contribution in [0.3, 0.4) is 0 Å². The summed E-state index contributed by atoms with van der Waals surface area (Å²) in [5.41, 5.74) is 0.525. The Hall–Kier alpha value is -2.50. The number of carbonyl (C=O) groups is 3. The Morgan fingerprint density at radius 2 is 1.88 bits per heavy atom. The third-order valence-electron chi connectivity index (χ3n) is 5.69. The Morgan fingerprint density at radius 1 is 1.08 bits per heavy atom. The van der Waals surface area contributed by atoms with Crippen molar-refractivity contribution in [1.29, 1.82) is 0 Å². The van der Waals surface area contributed by atoms with Crippen LogP contribution >= 0.6 is 0 Å². The van der Waals surface area contributed by atoms with Gasteiger partial charge in [0.2, 0.25) is 11.8 Å². The molecular weight excluding hydrogens is 330 g/mol. The van der Waals surface area contributed by atoms with Gasteiger partial charge in [0.05, 0.1) is 11.6 Å². The van der Waals surface area contributed by atoms with Crippen molar-refractivity contribution in [3.8, 4) is 0 Å². The maximum absolute atomic E-state index is 12.8. The third-order valence-corrected chi connectivity index (χ3v) is 5.69. The molecule has 2 aliphatic carbocycles. The summed E-state index contributed by atoms with van der Waals surface area (Å²) in [4.78, 5) is 45.2. The summed E-state index contributed by atoms with van der Waals surface area (Å²) < 4.78 is 0. The van der Waals surface area contributed by atoms with Gasteiger partial charge in [0.15, 0.2) is 0 Å². The van der Waals surface area contributed by atoms with Crippen molar-refractivity contribution in [3.63, 3.8) is 0 Å². The molecule has 2 atom stereocenters. The lowest BCUT2D eigenvalue weighted by atomic mass is 9.91.